The summed E-state index contributed by atoms with van der Waals surface area (Å²) in [6.07, 6.45) is -0.440. The van der Waals surface area contributed by atoms with E-state index in [4.69, 9.17) is 0 Å². The summed E-state index contributed by atoms with van der Waals surface area (Å²) >= 11 is 0. The highest BCUT2D eigenvalue weighted by atomic mass is 19.4. The molecule has 2 rings (SSSR count). The lowest BCUT2D eigenvalue weighted by molar-refractivity contribution is -0.141. The van der Waals surface area contributed by atoms with E-state index in [-0.39, 0.29) is 5.82 Å². The molecule has 0 aromatic carbocycles. The largest absolute Gasteiger partial charge is 0.433 e. The average molecular weight is 225 g/mol. The van der Waals surface area contributed by atoms with E-state index in [2.05, 4.69) is 15.0 Å². The molecule has 0 unspecified atom stereocenters. The van der Waals surface area contributed by atoms with E-state index in [0.29, 0.717) is 5.56 Å². The lowest BCUT2D eigenvalue weighted by Crippen LogP contribution is -2.08. The summed E-state index contributed by atoms with van der Waals surface area (Å²) in [7, 11) is 0. The molecule has 0 aliphatic rings. The first kappa shape index (κ1) is 10.5. The predicted octanol–water partition coefficient (Wildman–Crippen LogP) is 2.56. The molecule has 0 atom stereocenters. The van der Waals surface area contributed by atoms with Crippen molar-refractivity contribution in [3.8, 4) is 11.4 Å². The van der Waals surface area contributed by atoms with Crippen LogP contribution < -0.4 is 0 Å². The average Bonchev–Trinajstić information content (AvgIpc) is 2.29. The van der Waals surface area contributed by atoms with Crippen molar-refractivity contribution in [3.63, 3.8) is 0 Å². The van der Waals surface area contributed by atoms with Crippen molar-refractivity contribution in [2.75, 3.05) is 0 Å². The minimum absolute atomic E-state index is 0.0166. The first-order valence-electron chi connectivity index (χ1n) is 4.38. The van der Waals surface area contributed by atoms with Gasteiger partial charge >= 0.3 is 6.18 Å². The van der Waals surface area contributed by atoms with Gasteiger partial charge in [0.15, 0.2) is 5.82 Å². The summed E-state index contributed by atoms with van der Waals surface area (Å²) in [5.41, 5.74) is -0.505. The fourth-order valence-electron chi connectivity index (χ4n) is 1.15. The maximum absolute atomic E-state index is 12.4. The Hall–Kier alpha value is -1.98. The Kier molecular flexibility index (Phi) is 2.55. The zero-order valence-corrected chi connectivity index (χ0v) is 7.94. The standard InChI is InChI=1S/C10H6F3N3/c11-10(12,13)8-3-5-15-9(16-8)7-2-1-4-14-6-7/h1-6H. The third-order valence-corrected chi connectivity index (χ3v) is 1.87. The van der Waals surface area contributed by atoms with Gasteiger partial charge in [-0.3, -0.25) is 4.98 Å². The Bertz CT molecular complexity index is 482. The zero-order valence-electron chi connectivity index (χ0n) is 7.94. The highest BCUT2D eigenvalue weighted by Gasteiger charge is 2.32. The smallest absolute Gasteiger partial charge is 0.264 e. The van der Waals surface area contributed by atoms with Crippen LogP contribution in [0.4, 0.5) is 13.2 Å². The maximum Gasteiger partial charge on any atom is 0.433 e. The molecule has 0 aliphatic carbocycles. The molecule has 0 amide bonds. The van der Waals surface area contributed by atoms with E-state index in [1.165, 1.54) is 12.4 Å². The number of hydrogen-bond acceptors (Lipinski definition) is 3. The lowest BCUT2D eigenvalue weighted by atomic mass is 10.2. The van der Waals surface area contributed by atoms with Gasteiger partial charge in [0.2, 0.25) is 0 Å². The van der Waals surface area contributed by atoms with Crippen molar-refractivity contribution in [1.29, 1.82) is 0 Å². The molecule has 6 heteroatoms. The van der Waals surface area contributed by atoms with Gasteiger partial charge in [-0.1, -0.05) is 0 Å². The van der Waals surface area contributed by atoms with Gasteiger partial charge in [0.05, 0.1) is 0 Å². The quantitative estimate of drug-likeness (QED) is 0.748. The zero-order chi connectivity index (χ0) is 11.6. The van der Waals surface area contributed by atoms with Crippen molar-refractivity contribution < 1.29 is 13.2 Å². The van der Waals surface area contributed by atoms with Gasteiger partial charge in [0, 0.05) is 24.2 Å². The molecule has 2 aromatic heterocycles. The van der Waals surface area contributed by atoms with E-state index in [1.807, 2.05) is 0 Å². The maximum atomic E-state index is 12.4. The fraction of sp³-hybridized carbons (Fsp3) is 0.100. The molecule has 0 radical (unpaired) electrons. The van der Waals surface area contributed by atoms with Crippen LogP contribution >= 0.6 is 0 Å². The Morgan fingerprint density at radius 3 is 2.50 bits per heavy atom. The highest BCUT2D eigenvalue weighted by molar-refractivity contribution is 5.52. The van der Waals surface area contributed by atoms with Crippen LogP contribution in [0.5, 0.6) is 0 Å². The van der Waals surface area contributed by atoms with Gasteiger partial charge in [0.1, 0.15) is 5.69 Å². The molecule has 2 aromatic rings. The molecule has 0 N–H and O–H groups in total. The van der Waals surface area contributed by atoms with Crippen LogP contribution in [0, 0.1) is 0 Å². The summed E-state index contributed by atoms with van der Waals surface area (Å²) in [5, 5.41) is 0. The molecule has 0 saturated carbocycles. The van der Waals surface area contributed by atoms with Gasteiger partial charge in [-0.15, -0.1) is 0 Å². The third-order valence-electron chi connectivity index (χ3n) is 1.87. The van der Waals surface area contributed by atoms with Gasteiger partial charge in [-0.25, -0.2) is 9.97 Å². The van der Waals surface area contributed by atoms with Crippen LogP contribution in [0.15, 0.2) is 36.8 Å². The van der Waals surface area contributed by atoms with Crippen LogP contribution in [0.1, 0.15) is 5.69 Å². The molecule has 3 nitrogen and oxygen atoms in total. The summed E-state index contributed by atoms with van der Waals surface area (Å²) < 4.78 is 37.1. The predicted molar refractivity (Wildman–Crippen MR) is 50.3 cm³/mol. The Balaban J connectivity index is 2.45. The van der Waals surface area contributed by atoms with Crippen molar-refractivity contribution in [3.05, 3.63) is 42.5 Å². The molecule has 0 spiro atoms. The van der Waals surface area contributed by atoms with Crippen LogP contribution in [0.25, 0.3) is 11.4 Å². The molecular weight excluding hydrogens is 219 g/mol. The number of alkyl halides is 3. The van der Waals surface area contributed by atoms with E-state index >= 15 is 0 Å². The van der Waals surface area contributed by atoms with Gasteiger partial charge in [-0.2, -0.15) is 13.2 Å². The summed E-state index contributed by atoms with van der Waals surface area (Å²) in [6.45, 7) is 0. The Labute approximate surface area is 89.0 Å². The monoisotopic (exact) mass is 225 g/mol. The number of rotatable bonds is 1. The summed E-state index contributed by atoms with van der Waals surface area (Å²) in [5.74, 6) is 0.0166. The molecule has 16 heavy (non-hydrogen) atoms. The van der Waals surface area contributed by atoms with Crippen molar-refractivity contribution in [1.82, 2.24) is 15.0 Å². The number of nitrogens with zero attached hydrogens (tertiary/aromatic N) is 3. The van der Waals surface area contributed by atoms with E-state index in [9.17, 15) is 13.2 Å². The van der Waals surface area contributed by atoms with Crippen LogP contribution in [0.3, 0.4) is 0 Å². The SMILES string of the molecule is FC(F)(F)c1ccnc(-c2cccnc2)n1. The van der Waals surface area contributed by atoms with E-state index < -0.39 is 11.9 Å². The summed E-state index contributed by atoms with van der Waals surface area (Å²) in [4.78, 5) is 11.0. The molecule has 0 aliphatic heterocycles. The Morgan fingerprint density at radius 2 is 1.88 bits per heavy atom. The van der Waals surface area contributed by atoms with Crippen LogP contribution in [-0.2, 0) is 6.18 Å². The van der Waals surface area contributed by atoms with E-state index in [0.717, 1.165) is 12.3 Å². The molecule has 0 fully saturated rings. The second kappa shape index (κ2) is 3.88. The minimum Gasteiger partial charge on any atom is -0.264 e. The third kappa shape index (κ3) is 2.16. The number of halogens is 3. The molecule has 0 bridgehead atoms. The second-order valence-corrected chi connectivity index (χ2v) is 3.00. The van der Waals surface area contributed by atoms with Crippen LogP contribution in [0.2, 0.25) is 0 Å². The number of pyridine rings is 1. The molecule has 2 heterocycles. The first-order valence-corrected chi connectivity index (χ1v) is 4.38. The first-order chi connectivity index (χ1) is 7.57. The minimum atomic E-state index is -4.46. The van der Waals surface area contributed by atoms with Crippen molar-refractivity contribution >= 4 is 0 Å². The Morgan fingerprint density at radius 1 is 1.06 bits per heavy atom. The van der Waals surface area contributed by atoms with Gasteiger partial charge in [0.25, 0.3) is 0 Å². The normalized spacial score (nSPS) is 11.4. The molecular formula is C10H6F3N3. The second-order valence-electron chi connectivity index (χ2n) is 3.00. The van der Waals surface area contributed by atoms with Crippen molar-refractivity contribution in [2.45, 2.75) is 6.18 Å². The van der Waals surface area contributed by atoms with Gasteiger partial charge in [-0.05, 0) is 18.2 Å². The highest BCUT2D eigenvalue weighted by Crippen LogP contribution is 2.28. The lowest BCUT2D eigenvalue weighted by Gasteiger charge is -2.06. The summed E-state index contributed by atoms with van der Waals surface area (Å²) in [6, 6.07) is 4.04. The fourth-order valence-corrected chi connectivity index (χ4v) is 1.15. The molecule has 0 saturated heterocycles. The topological polar surface area (TPSA) is 38.7 Å². The number of aromatic nitrogens is 3. The number of hydrogen-bond donors (Lipinski definition) is 0. The van der Waals surface area contributed by atoms with Gasteiger partial charge < -0.3 is 0 Å². The van der Waals surface area contributed by atoms with Crippen molar-refractivity contribution in [2.24, 2.45) is 0 Å². The van der Waals surface area contributed by atoms with E-state index in [1.54, 1.807) is 12.1 Å². The van der Waals surface area contributed by atoms with Crippen LogP contribution in [-0.4, -0.2) is 15.0 Å². The molecule has 82 valence electrons.